The van der Waals surface area contributed by atoms with Crippen LogP contribution < -0.4 is 0 Å². The van der Waals surface area contributed by atoms with Crippen molar-refractivity contribution in [3.8, 4) is 0 Å². The molecular weight excluding hydrogens is 360 g/mol. The first-order chi connectivity index (χ1) is 13.1. The summed E-state index contributed by atoms with van der Waals surface area (Å²) in [6, 6.07) is 0. The van der Waals surface area contributed by atoms with Crippen molar-refractivity contribution in [2.24, 2.45) is 5.92 Å². The molecule has 4 nitrogen and oxygen atoms in total. The lowest BCUT2D eigenvalue weighted by Crippen LogP contribution is -2.16. The van der Waals surface area contributed by atoms with Gasteiger partial charge in [-0.25, -0.2) is 0 Å². The van der Waals surface area contributed by atoms with E-state index in [1.807, 2.05) is 0 Å². The molecule has 0 spiro atoms. The van der Waals surface area contributed by atoms with Crippen molar-refractivity contribution in [1.82, 2.24) is 0 Å². The highest BCUT2D eigenvalue weighted by atomic mass is 32.2. The number of carboxylic acid groups (broad SMARTS) is 2. The molecule has 0 aliphatic rings. The van der Waals surface area contributed by atoms with Crippen molar-refractivity contribution in [1.29, 1.82) is 0 Å². The molecule has 1 atom stereocenters. The topological polar surface area (TPSA) is 74.6 Å². The third-order valence-electron chi connectivity index (χ3n) is 5.03. The van der Waals surface area contributed by atoms with Crippen LogP contribution in [0.5, 0.6) is 0 Å². The Bertz CT molecular complexity index is 360. The Morgan fingerprint density at radius 3 is 1.59 bits per heavy atom. The van der Waals surface area contributed by atoms with Crippen molar-refractivity contribution >= 4 is 23.7 Å². The van der Waals surface area contributed by atoms with Crippen LogP contribution in [0.1, 0.15) is 110 Å². The number of hydrogen-bond acceptors (Lipinski definition) is 3. The Morgan fingerprint density at radius 1 is 0.741 bits per heavy atom. The average molecular weight is 403 g/mol. The van der Waals surface area contributed by atoms with Gasteiger partial charge in [0, 0.05) is 11.5 Å². The predicted molar refractivity (Wildman–Crippen MR) is 116 cm³/mol. The van der Waals surface area contributed by atoms with E-state index in [-0.39, 0.29) is 12.3 Å². The number of carboxylic acids is 2. The molecular formula is C22H42O4S. The van der Waals surface area contributed by atoms with E-state index in [0.717, 1.165) is 12.8 Å². The van der Waals surface area contributed by atoms with Crippen molar-refractivity contribution < 1.29 is 19.8 Å². The van der Waals surface area contributed by atoms with Crippen LogP contribution in [0.25, 0.3) is 0 Å². The van der Waals surface area contributed by atoms with Gasteiger partial charge in [-0.3, -0.25) is 9.59 Å². The molecule has 0 aromatic rings. The summed E-state index contributed by atoms with van der Waals surface area (Å²) >= 11 is 1.44. The molecule has 0 rings (SSSR count). The zero-order valence-corrected chi connectivity index (χ0v) is 18.2. The number of thioether (sulfide) groups is 1. The zero-order chi connectivity index (χ0) is 20.2. The number of aliphatic carboxylic acids is 2. The number of unbranched alkanes of at least 4 members (excludes halogenated alkanes) is 13. The molecule has 0 saturated heterocycles. The van der Waals surface area contributed by atoms with Gasteiger partial charge in [0.1, 0.15) is 0 Å². The van der Waals surface area contributed by atoms with Crippen LogP contribution in [0.15, 0.2) is 0 Å². The van der Waals surface area contributed by atoms with Gasteiger partial charge in [-0.15, -0.1) is 0 Å². The Labute approximate surface area is 170 Å². The van der Waals surface area contributed by atoms with Gasteiger partial charge in [0.2, 0.25) is 0 Å². The third-order valence-corrected chi connectivity index (χ3v) is 6.17. The first-order valence-electron chi connectivity index (χ1n) is 11.1. The maximum Gasteiger partial charge on any atom is 0.307 e. The van der Waals surface area contributed by atoms with Crippen LogP contribution in [-0.4, -0.2) is 33.7 Å². The highest BCUT2D eigenvalue weighted by Crippen LogP contribution is 2.18. The smallest absolute Gasteiger partial charge is 0.307 e. The fourth-order valence-electron chi connectivity index (χ4n) is 3.25. The van der Waals surface area contributed by atoms with Crippen molar-refractivity contribution in [2.75, 3.05) is 11.5 Å². The Hall–Kier alpha value is -0.710. The second-order valence-corrected chi connectivity index (χ2v) is 8.79. The SMILES string of the molecule is CCCCCCCCCCCCCCCCC(CSCCC(=O)O)C(=O)O. The monoisotopic (exact) mass is 402 g/mol. The molecule has 0 bridgehead atoms. The third kappa shape index (κ3) is 19.8. The first-order valence-corrected chi connectivity index (χ1v) is 12.3. The van der Waals surface area contributed by atoms with E-state index in [9.17, 15) is 14.7 Å². The summed E-state index contributed by atoms with van der Waals surface area (Å²) in [6.45, 7) is 2.26. The van der Waals surface area contributed by atoms with Gasteiger partial charge in [0.25, 0.3) is 0 Å². The summed E-state index contributed by atoms with van der Waals surface area (Å²) in [5, 5.41) is 17.9. The highest BCUT2D eigenvalue weighted by molar-refractivity contribution is 7.99. The summed E-state index contributed by atoms with van der Waals surface area (Å²) in [4.78, 5) is 21.7. The van der Waals surface area contributed by atoms with Crippen LogP contribution in [0.3, 0.4) is 0 Å². The second kappa shape index (κ2) is 20.0. The standard InChI is InChI=1S/C22H42O4S/c1-2-3-4-5-6-7-8-9-10-11-12-13-14-15-16-20(22(25)26)19-27-18-17-21(23)24/h20H,2-19H2,1H3,(H,23,24)(H,25,26). The summed E-state index contributed by atoms with van der Waals surface area (Å²) in [5.41, 5.74) is 0. The molecule has 0 heterocycles. The van der Waals surface area contributed by atoms with Crippen LogP contribution in [0.4, 0.5) is 0 Å². The lowest BCUT2D eigenvalue weighted by Gasteiger charge is -2.11. The molecule has 0 fully saturated rings. The van der Waals surface area contributed by atoms with E-state index in [1.165, 1.54) is 88.8 Å². The minimum atomic E-state index is -0.818. The van der Waals surface area contributed by atoms with Gasteiger partial charge in [0.05, 0.1) is 12.3 Å². The maximum absolute atomic E-state index is 11.3. The maximum atomic E-state index is 11.3. The summed E-state index contributed by atoms with van der Waals surface area (Å²) in [6.07, 6.45) is 19.1. The average Bonchev–Trinajstić information content (AvgIpc) is 2.63. The Kier molecular flexibility index (Phi) is 19.5. The minimum absolute atomic E-state index is 0.107. The molecule has 2 N–H and O–H groups in total. The quantitative estimate of drug-likeness (QED) is 0.207. The minimum Gasteiger partial charge on any atom is -0.481 e. The molecule has 27 heavy (non-hydrogen) atoms. The van der Waals surface area contributed by atoms with Crippen molar-refractivity contribution in [2.45, 2.75) is 110 Å². The molecule has 0 aliphatic heterocycles. The normalized spacial score (nSPS) is 12.2. The lowest BCUT2D eigenvalue weighted by molar-refractivity contribution is -0.141. The number of rotatable bonds is 21. The molecule has 0 saturated carbocycles. The van der Waals surface area contributed by atoms with E-state index >= 15 is 0 Å². The second-order valence-electron chi connectivity index (χ2n) is 7.64. The van der Waals surface area contributed by atoms with Crippen LogP contribution >= 0.6 is 11.8 Å². The Morgan fingerprint density at radius 2 is 1.19 bits per heavy atom. The van der Waals surface area contributed by atoms with Gasteiger partial charge in [-0.1, -0.05) is 96.8 Å². The van der Waals surface area contributed by atoms with Crippen LogP contribution in [0.2, 0.25) is 0 Å². The van der Waals surface area contributed by atoms with Gasteiger partial charge in [-0.05, 0) is 6.42 Å². The molecule has 1 unspecified atom stereocenters. The molecule has 0 aromatic heterocycles. The molecule has 0 radical (unpaired) electrons. The fraction of sp³-hybridized carbons (Fsp3) is 0.909. The summed E-state index contributed by atoms with van der Waals surface area (Å²) in [5.74, 6) is -0.867. The first kappa shape index (κ1) is 26.3. The number of carbonyl (C=O) groups is 2. The largest absolute Gasteiger partial charge is 0.481 e. The van der Waals surface area contributed by atoms with Gasteiger partial charge in [0.15, 0.2) is 0 Å². The van der Waals surface area contributed by atoms with Gasteiger partial charge < -0.3 is 10.2 Å². The predicted octanol–water partition coefficient (Wildman–Crippen LogP) is 6.77. The zero-order valence-electron chi connectivity index (χ0n) is 17.4. The lowest BCUT2D eigenvalue weighted by atomic mass is 10.0. The summed E-state index contributed by atoms with van der Waals surface area (Å²) < 4.78 is 0. The molecule has 160 valence electrons. The molecule has 0 aromatic carbocycles. The van der Waals surface area contributed by atoms with Gasteiger partial charge >= 0.3 is 11.9 Å². The summed E-state index contributed by atoms with van der Waals surface area (Å²) in [7, 11) is 0. The van der Waals surface area contributed by atoms with E-state index in [2.05, 4.69) is 6.92 Å². The Balaban J connectivity index is 3.39. The van der Waals surface area contributed by atoms with Crippen LogP contribution in [0, 0.1) is 5.92 Å². The fourth-order valence-corrected chi connectivity index (χ4v) is 4.33. The molecule has 5 heteroatoms. The van der Waals surface area contributed by atoms with E-state index < -0.39 is 11.9 Å². The van der Waals surface area contributed by atoms with Crippen LogP contribution in [-0.2, 0) is 9.59 Å². The van der Waals surface area contributed by atoms with Crippen molar-refractivity contribution in [3.63, 3.8) is 0 Å². The van der Waals surface area contributed by atoms with E-state index in [1.54, 1.807) is 0 Å². The molecule has 0 amide bonds. The number of hydrogen-bond donors (Lipinski definition) is 2. The van der Waals surface area contributed by atoms with Crippen molar-refractivity contribution in [3.05, 3.63) is 0 Å². The van der Waals surface area contributed by atoms with Gasteiger partial charge in [-0.2, -0.15) is 11.8 Å². The van der Waals surface area contributed by atoms with E-state index in [0.29, 0.717) is 17.9 Å². The van der Waals surface area contributed by atoms with E-state index in [4.69, 9.17) is 5.11 Å². The highest BCUT2D eigenvalue weighted by Gasteiger charge is 2.16. The molecule has 0 aliphatic carbocycles.